The third-order valence-corrected chi connectivity index (χ3v) is 4.75. The number of hydrogen-bond acceptors (Lipinski definition) is 5. The Hall–Kier alpha value is -3.09. The summed E-state index contributed by atoms with van der Waals surface area (Å²) in [6.45, 7) is 0.996. The molecule has 7 nitrogen and oxygen atoms in total. The molecule has 0 saturated heterocycles. The van der Waals surface area contributed by atoms with E-state index in [2.05, 4.69) is 15.6 Å². The minimum absolute atomic E-state index is 0.203. The second-order valence-electron chi connectivity index (χ2n) is 6.70. The van der Waals surface area contributed by atoms with E-state index in [1.807, 2.05) is 0 Å². The molecule has 1 fully saturated rings. The summed E-state index contributed by atoms with van der Waals surface area (Å²) in [5.41, 5.74) is 1.21. The fraction of sp³-hybridized carbons (Fsp3) is 0.350. The van der Waals surface area contributed by atoms with Gasteiger partial charge in [0.1, 0.15) is 18.9 Å². The normalized spacial score (nSPS) is 16.0. The predicted molar refractivity (Wildman–Crippen MR) is 99.3 cm³/mol. The van der Waals surface area contributed by atoms with E-state index in [9.17, 15) is 9.59 Å². The number of benzene rings is 1. The second kappa shape index (κ2) is 7.65. The number of aromatic nitrogens is 1. The maximum absolute atomic E-state index is 12.6. The number of nitrogens with one attached hydrogen (secondary N) is 2. The molecule has 1 aromatic heterocycles. The van der Waals surface area contributed by atoms with Crippen molar-refractivity contribution in [2.24, 2.45) is 0 Å². The maximum Gasteiger partial charge on any atom is 0.270 e. The highest BCUT2D eigenvalue weighted by atomic mass is 16.6. The Kier molecular flexibility index (Phi) is 4.91. The molecule has 2 aromatic rings. The van der Waals surface area contributed by atoms with Gasteiger partial charge >= 0.3 is 0 Å². The number of hydrogen-bond donors (Lipinski definition) is 2. The van der Waals surface area contributed by atoms with Crippen molar-refractivity contribution >= 4 is 17.5 Å². The smallest absolute Gasteiger partial charge is 0.270 e. The number of pyridine rings is 1. The molecule has 1 aromatic carbocycles. The van der Waals surface area contributed by atoms with Gasteiger partial charge in [0.05, 0.1) is 0 Å². The van der Waals surface area contributed by atoms with Crippen LogP contribution >= 0.6 is 0 Å². The van der Waals surface area contributed by atoms with Gasteiger partial charge in [-0.15, -0.1) is 0 Å². The van der Waals surface area contributed by atoms with Crippen LogP contribution in [0.4, 0.5) is 5.69 Å². The highest BCUT2D eigenvalue weighted by Gasteiger charge is 2.20. The number of ether oxygens (including phenoxy) is 2. The van der Waals surface area contributed by atoms with Gasteiger partial charge in [0.15, 0.2) is 11.5 Å². The van der Waals surface area contributed by atoms with Crippen molar-refractivity contribution in [2.75, 3.05) is 18.5 Å². The van der Waals surface area contributed by atoms with Gasteiger partial charge in [-0.3, -0.25) is 14.6 Å². The Labute approximate surface area is 157 Å². The van der Waals surface area contributed by atoms with Crippen LogP contribution in [-0.4, -0.2) is 36.1 Å². The van der Waals surface area contributed by atoms with Crippen LogP contribution in [0.2, 0.25) is 0 Å². The van der Waals surface area contributed by atoms with Crippen LogP contribution in [0.5, 0.6) is 11.5 Å². The zero-order valence-corrected chi connectivity index (χ0v) is 14.9. The van der Waals surface area contributed by atoms with Crippen LogP contribution in [0.3, 0.4) is 0 Å². The van der Waals surface area contributed by atoms with Gasteiger partial charge in [-0.2, -0.15) is 0 Å². The lowest BCUT2D eigenvalue weighted by Gasteiger charge is -2.19. The third-order valence-electron chi connectivity index (χ3n) is 4.75. The number of carbonyl (C=O) groups is 2. The lowest BCUT2D eigenvalue weighted by atomic mass is 10.2. The number of rotatable bonds is 4. The van der Waals surface area contributed by atoms with Crippen LogP contribution in [0.25, 0.3) is 0 Å². The third kappa shape index (κ3) is 4.02. The number of carbonyl (C=O) groups excluding carboxylic acids is 2. The first-order valence-corrected chi connectivity index (χ1v) is 9.17. The Morgan fingerprint density at radius 3 is 2.56 bits per heavy atom. The zero-order chi connectivity index (χ0) is 18.6. The van der Waals surface area contributed by atoms with E-state index in [-0.39, 0.29) is 23.6 Å². The molecule has 0 bridgehead atoms. The first-order valence-electron chi connectivity index (χ1n) is 9.17. The minimum Gasteiger partial charge on any atom is -0.486 e. The summed E-state index contributed by atoms with van der Waals surface area (Å²) in [5.74, 6) is 0.708. The molecule has 4 rings (SSSR count). The first kappa shape index (κ1) is 17.3. The average molecular weight is 367 g/mol. The van der Waals surface area contributed by atoms with Crippen molar-refractivity contribution in [3.63, 3.8) is 0 Å². The number of anilines is 1. The SMILES string of the molecule is O=C(Nc1ccc2c(c1)OCCO2)c1ccnc(C(=O)NC2CCCC2)c1. The van der Waals surface area contributed by atoms with E-state index in [4.69, 9.17) is 9.47 Å². The van der Waals surface area contributed by atoms with Gasteiger partial charge in [0, 0.05) is 29.6 Å². The number of nitrogens with zero attached hydrogens (tertiary/aromatic N) is 1. The zero-order valence-electron chi connectivity index (χ0n) is 14.9. The van der Waals surface area contributed by atoms with Crippen LogP contribution < -0.4 is 20.1 Å². The molecule has 0 unspecified atom stereocenters. The lowest BCUT2D eigenvalue weighted by Crippen LogP contribution is -2.33. The molecule has 1 aliphatic carbocycles. The monoisotopic (exact) mass is 367 g/mol. The molecule has 2 heterocycles. The van der Waals surface area contributed by atoms with E-state index >= 15 is 0 Å². The summed E-state index contributed by atoms with van der Waals surface area (Å²) in [5, 5.41) is 5.80. The van der Waals surface area contributed by atoms with Gasteiger partial charge < -0.3 is 20.1 Å². The Morgan fingerprint density at radius 2 is 1.74 bits per heavy atom. The van der Waals surface area contributed by atoms with Gasteiger partial charge in [-0.1, -0.05) is 12.8 Å². The van der Waals surface area contributed by atoms with Gasteiger partial charge in [0.25, 0.3) is 11.8 Å². The van der Waals surface area contributed by atoms with E-state index in [0.717, 1.165) is 25.7 Å². The molecule has 2 aliphatic rings. The lowest BCUT2D eigenvalue weighted by molar-refractivity contribution is 0.0933. The molecule has 2 amide bonds. The highest BCUT2D eigenvalue weighted by Crippen LogP contribution is 2.32. The van der Waals surface area contributed by atoms with E-state index in [1.165, 1.54) is 12.3 Å². The fourth-order valence-electron chi connectivity index (χ4n) is 3.35. The molecule has 1 saturated carbocycles. The molecule has 0 spiro atoms. The van der Waals surface area contributed by atoms with Crippen LogP contribution in [0.1, 0.15) is 46.5 Å². The van der Waals surface area contributed by atoms with E-state index in [0.29, 0.717) is 36.0 Å². The van der Waals surface area contributed by atoms with Crippen molar-refractivity contribution in [1.82, 2.24) is 10.3 Å². The maximum atomic E-state index is 12.6. The molecule has 0 atom stereocenters. The van der Waals surface area contributed by atoms with Crippen molar-refractivity contribution in [3.05, 3.63) is 47.8 Å². The van der Waals surface area contributed by atoms with Gasteiger partial charge in [0.2, 0.25) is 0 Å². The molecule has 7 heteroatoms. The van der Waals surface area contributed by atoms with Crippen molar-refractivity contribution in [2.45, 2.75) is 31.7 Å². The second-order valence-corrected chi connectivity index (χ2v) is 6.70. The first-order chi connectivity index (χ1) is 13.2. The summed E-state index contributed by atoms with van der Waals surface area (Å²) in [7, 11) is 0. The highest BCUT2D eigenvalue weighted by molar-refractivity contribution is 6.05. The van der Waals surface area contributed by atoms with Crippen LogP contribution in [0.15, 0.2) is 36.5 Å². The van der Waals surface area contributed by atoms with Crippen LogP contribution in [-0.2, 0) is 0 Å². The molecule has 27 heavy (non-hydrogen) atoms. The summed E-state index contributed by atoms with van der Waals surface area (Å²) in [4.78, 5) is 29.0. The minimum atomic E-state index is -0.316. The van der Waals surface area contributed by atoms with E-state index < -0.39 is 0 Å². The molecule has 0 radical (unpaired) electrons. The largest absolute Gasteiger partial charge is 0.486 e. The average Bonchev–Trinajstić information content (AvgIpc) is 3.21. The molecule has 1 aliphatic heterocycles. The summed E-state index contributed by atoms with van der Waals surface area (Å²) in [6.07, 6.45) is 5.74. The van der Waals surface area contributed by atoms with Gasteiger partial charge in [-0.25, -0.2) is 0 Å². The number of amides is 2. The molecule has 2 N–H and O–H groups in total. The van der Waals surface area contributed by atoms with Crippen LogP contribution in [0, 0.1) is 0 Å². The molecule has 140 valence electrons. The topological polar surface area (TPSA) is 89.6 Å². The van der Waals surface area contributed by atoms with Crippen molar-refractivity contribution in [3.8, 4) is 11.5 Å². The quantitative estimate of drug-likeness (QED) is 0.867. The van der Waals surface area contributed by atoms with Gasteiger partial charge in [-0.05, 0) is 37.1 Å². The van der Waals surface area contributed by atoms with Crippen molar-refractivity contribution < 1.29 is 19.1 Å². The standard InChI is InChI=1S/C20H21N3O4/c24-19(23-15-5-6-17-18(12-15)27-10-9-26-17)13-7-8-21-16(11-13)20(25)22-14-3-1-2-4-14/h5-8,11-12,14H,1-4,9-10H2,(H,22,25)(H,23,24). The summed E-state index contributed by atoms with van der Waals surface area (Å²) in [6, 6.07) is 8.53. The Bertz CT molecular complexity index is 862. The molecular weight excluding hydrogens is 346 g/mol. The van der Waals surface area contributed by atoms with E-state index in [1.54, 1.807) is 24.3 Å². The summed E-state index contributed by atoms with van der Waals surface area (Å²) >= 11 is 0. The number of fused-ring (bicyclic) bond motifs is 1. The molecular formula is C20H21N3O4. The Balaban J connectivity index is 1.45. The summed E-state index contributed by atoms with van der Waals surface area (Å²) < 4.78 is 11.0. The predicted octanol–water partition coefficient (Wildman–Crippen LogP) is 2.78. The Morgan fingerprint density at radius 1 is 0.963 bits per heavy atom. The van der Waals surface area contributed by atoms with Crippen molar-refractivity contribution in [1.29, 1.82) is 0 Å². The fourth-order valence-corrected chi connectivity index (χ4v) is 3.35.